The van der Waals surface area contributed by atoms with Gasteiger partial charge in [-0.1, -0.05) is 30.3 Å². The Bertz CT molecular complexity index is 2270. The first-order valence-corrected chi connectivity index (χ1v) is 22.4. The Hall–Kier alpha value is -5.96. The van der Waals surface area contributed by atoms with Crippen LogP contribution in [0.4, 0.5) is 15.3 Å². The van der Waals surface area contributed by atoms with Crippen molar-refractivity contribution in [1.29, 1.82) is 0 Å². The third-order valence-corrected chi connectivity index (χ3v) is 11.5. The summed E-state index contributed by atoms with van der Waals surface area (Å²) in [7, 11) is 0. The summed E-state index contributed by atoms with van der Waals surface area (Å²) in [4.78, 5) is 71.5. The van der Waals surface area contributed by atoms with Gasteiger partial charge in [0.25, 0.3) is 5.91 Å². The highest BCUT2D eigenvalue weighted by Crippen LogP contribution is 2.30. The highest BCUT2D eigenvalue weighted by atomic mass is 35.5. The fourth-order valence-corrected chi connectivity index (χ4v) is 8.08. The molecule has 0 bridgehead atoms. The number of anilines is 1. The summed E-state index contributed by atoms with van der Waals surface area (Å²) in [5.41, 5.74) is 4.35. The summed E-state index contributed by atoms with van der Waals surface area (Å²) in [5.74, 6) is -0.324. The SMILES string of the molecule is Cc1cc(C(=O)NC2CCN(C(=O)OC(C)(C)C)CC2)ccc1-c1ccc(C[C@H](NC(=O)C2CCC(CNC(=O)OC(C)(C)C)CC2)C(=O)Nc2ccc(-c3n[nH]c(Cl)n3)cc2)cc1. The number of hydrogen-bond donors (Lipinski definition) is 5. The Labute approximate surface area is 380 Å². The number of ether oxygens (including phenoxy) is 2. The van der Waals surface area contributed by atoms with Crippen LogP contribution in [-0.2, 0) is 25.5 Å². The molecule has 1 saturated carbocycles. The molecule has 5 amide bonds. The maximum absolute atomic E-state index is 13.9. The van der Waals surface area contributed by atoms with Crippen molar-refractivity contribution in [1.82, 2.24) is 36.0 Å². The van der Waals surface area contributed by atoms with Crippen LogP contribution in [0.5, 0.6) is 0 Å². The first-order valence-electron chi connectivity index (χ1n) is 22.0. The van der Waals surface area contributed by atoms with Crippen molar-refractivity contribution in [3.63, 3.8) is 0 Å². The summed E-state index contributed by atoms with van der Waals surface area (Å²) in [6.45, 7) is 14.5. The number of amides is 5. The van der Waals surface area contributed by atoms with Gasteiger partial charge in [0.05, 0.1) is 0 Å². The molecule has 5 N–H and O–H groups in total. The molecule has 64 heavy (non-hydrogen) atoms. The molecule has 1 saturated heterocycles. The van der Waals surface area contributed by atoms with Gasteiger partial charge in [0.2, 0.25) is 17.1 Å². The highest BCUT2D eigenvalue weighted by Gasteiger charge is 2.31. The molecule has 3 aromatic carbocycles. The zero-order valence-corrected chi connectivity index (χ0v) is 38.6. The van der Waals surface area contributed by atoms with Gasteiger partial charge in [-0.3, -0.25) is 14.4 Å². The molecule has 16 heteroatoms. The van der Waals surface area contributed by atoms with Gasteiger partial charge in [-0.05, 0) is 163 Å². The van der Waals surface area contributed by atoms with Crippen LogP contribution in [0.15, 0.2) is 66.7 Å². The molecule has 2 fully saturated rings. The van der Waals surface area contributed by atoms with Crippen LogP contribution in [0.25, 0.3) is 22.5 Å². The molecule has 1 aromatic heterocycles. The number of aromatic amines is 1. The van der Waals surface area contributed by atoms with Crippen molar-refractivity contribution in [2.45, 2.75) is 117 Å². The second kappa shape index (κ2) is 20.7. The minimum absolute atomic E-state index is 0.0464. The standard InChI is InChI=1S/C48H61ClN8O7/c1-29-26-35(42(59)51-37-22-24-57(25-23-37)46(62)64-48(5,6)7)18-21-38(29)32-12-8-30(9-13-32)27-39(43(60)52-36-19-16-33(17-20-36)40-54-44(49)56-55-40)53-41(58)34-14-10-31(11-15-34)28-50-45(61)63-47(2,3)4/h8-9,12-13,16-21,26,31,34,37,39H,10-11,14-15,22-25,27-28H2,1-7H3,(H,50,61)(H,51,59)(H,52,60)(H,53,58)(H,54,55,56)/t31?,34?,39-/m0/s1. The van der Waals surface area contributed by atoms with Crippen molar-refractivity contribution < 1.29 is 33.4 Å². The second-order valence-electron chi connectivity index (χ2n) is 18.8. The molecular formula is C48H61ClN8O7. The van der Waals surface area contributed by atoms with E-state index in [0.29, 0.717) is 68.0 Å². The summed E-state index contributed by atoms with van der Waals surface area (Å²) >= 11 is 5.91. The molecule has 342 valence electrons. The highest BCUT2D eigenvalue weighted by molar-refractivity contribution is 6.28. The van der Waals surface area contributed by atoms with Gasteiger partial charge in [-0.25, -0.2) is 14.7 Å². The van der Waals surface area contributed by atoms with Gasteiger partial charge in [0.15, 0.2) is 5.82 Å². The number of H-pyrrole nitrogens is 1. The predicted octanol–water partition coefficient (Wildman–Crippen LogP) is 8.23. The van der Waals surface area contributed by atoms with E-state index >= 15 is 0 Å². The third-order valence-electron chi connectivity index (χ3n) is 11.3. The van der Waals surface area contributed by atoms with Crippen molar-refractivity contribution >= 4 is 47.2 Å². The summed E-state index contributed by atoms with van der Waals surface area (Å²) in [5, 5.41) is 18.9. The molecular weight excluding hydrogens is 836 g/mol. The van der Waals surface area contributed by atoms with Crippen LogP contribution in [0, 0.1) is 18.8 Å². The van der Waals surface area contributed by atoms with Gasteiger partial charge in [0.1, 0.15) is 17.2 Å². The van der Waals surface area contributed by atoms with Gasteiger partial charge in [-0.2, -0.15) is 10.1 Å². The maximum atomic E-state index is 13.9. The van der Waals surface area contributed by atoms with Crippen LogP contribution in [-0.4, -0.2) is 92.9 Å². The van der Waals surface area contributed by atoms with Gasteiger partial charge in [0, 0.05) is 54.8 Å². The number of carbonyl (C=O) groups is 5. The topological polar surface area (TPSA) is 197 Å². The molecule has 1 atom stereocenters. The molecule has 0 spiro atoms. The van der Waals surface area contributed by atoms with Crippen LogP contribution >= 0.6 is 11.6 Å². The zero-order valence-electron chi connectivity index (χ0n) is 37.8. The average Bonchev–Trinajstić information content (AvgIpc) is 3.68. The van der Waals surface area contributed by atoms with Crippen molar-refractivity contribution in [3.05, 3.63) is 88.7 Å². The molecule has 4 aromatic rings. The Balaban J connectivity index is 1.08. The summed E-state index contributed by atoms with van der Waals surface area (Å²) < 4.78 is 10.9. The number of aromatic nitrogens is 3. The number of rotatable bonds is 12. The normalized spacial score (nSPS) is 17.5. The van der Waals surface area contributed by atoms with Gasteiger partial charge >= 0.3 is 12.2 Å². The largest absolute Gasteiger partial charge is 0.444 e. The molecule has 6 rings (SSSR count). The Morgan fingerprint density at radius 2 is 1.47 bits per heavy atom. The third kappa shape index (κ3) is 13.8. The molecule has 2 aliphatic rings. The number of carbonyl (C=O) groups excluding carboxylic acids is 5. The Morgan fingerprint density at radius 3 is 2.06 bits per heavy atom. The molecule has 15 nitrogen and oxygen atoms in total. The molecule has 0 radical (unpaired) electrons. The maximum Gasteiger partial charge on any atom is 0.410 e. The number of alkyl carbamates (subject to hydrolysis) is 1. The van der Waals surface area contributed by atoms with Crippen LogP contribution in [0.1, 0.15) is 102 Å². The predicted molar refractivity (Wildman–Crippen MR) is 246 cm³/mol. The van der Waals surface area contributed by atoms with Crippen molar-refractivity contribution in [2.75, 3.05) is 25.0 Å². The van der Waals surface area contributed by atoms with E-state index in [-0.39, 0.29) is 53.4 Å². The molecule has 2 heterocycles. The molecule has 1 aliphatic heterocycles. The number of halogens is 1. The molecule has 1 aliphatic carbocycles. The van der Waals surface area contributed by atoms with E-state index in [0.717, 1.165) is 35.1 Å². The summed E-state index contributed by atoms with van der Waals surface area (Å²) in [6, 6.07) is 19.6. The number of benzene rings is 3. The van der Waals surface area contributed by atoms with E-state index in [4.69, 9.17) is 21.1 Å². The van der Waals surface area contributed by atoms with Gasteiger partial charge in [-0.15, -0.1) is 0 Å². The second-order valence-corrected chi connectivity index (χ2v) is 19.2. The Kier molecular flexibility index (Phi) is 15.4. The number of likely N-dealkylation sites (tertiary alicyclic amines) is 1. The number of nitrogens with zero attached hydrogens (tertiary/aromatic N) is 3. The van der Waals surface area contributed by atoms with Crippen LogP contribution < -0.4 is 21.3 Å². The Morgan fingerprint density at radius 1 is 0.828 bits per heavy atom. The first-order chi connectivity index (χ1) is 30.3. The minimum Gasteiger partial charge on any atom is -0.444 e. The summed E-state index contributed by atoms with van der Waals surface area (Å²) in [6.07, 6.45) is 3.54. The molecule has 0 unspecified atom stereocenters. The lowest BCUT2D eigenvalue weighted by Gasteiger charge is -2.33. The fraction of sp³-hybridized carbons (Fsp3) is 0.479. The lowest BCUT2D eigenvalue weighted by atomic mass is 9.81. The smallest absolute Gasteiger partial charge is 0.410 e. The van der Waals surface area contributed by atoms with Crippen molar-refractivity contribution in [3.8, 4) is 22.5 Å². The zero-order chi connectivity index (χ0) is 46.2. The fourth-order valence-electron chi connectivity index (χ4n) is 7.96. The van der Waals surface area contributed by atoms with E-state index in [1.807, 2.05) is 90.9 Å². The number of nitrogens with one attached hydrogen (secondary N) is 5. The van der Waals surface area contributed by atoms with E-state index in [2.05, 4.69) is 36.4 Å². The van der Waals surface area contributed by atoms with Crippen LogP contribution in [0.3, 0.4) is 0 Å². The van der Waals surface area contributed by atoms with Gasteiger partial charge < -0.3 is 35.6 Å². The lowest BCUT2D eigenvalue weighted by Crippen LogP contribution is -2.48. The number of aryl methyl sites for hydroxylation is 1. The minimum atomic E-state index is -0.875. The average molecular weight is 898 g/mol. The van der Waals surface area contributed by atoms with Crippen LogP contribution in [0.2, 0.25) is 5.28 Å². The quantitative estimate of drug-likeness (QED) is 0.0931. The lowest BCUT2D eigenvalue weighted by molar-refractivity contribution is -0.130. The van der Waals surface area contributed by atoms with E-state index in [1.165, 1.54) is 0 Å². The number of piperidine rings is 1. The monoisotopic (exact) mass is 896 g/mol. The van der Waals surface area contributed by atoms with E-state index in [1.54, 1.807) is 29.2 Å². The first kappa shape index (κ1) is 47.5. The van der Waals surface area contributed by atoms with Crippen molar-refractivity contribution in [2.24, 2.45) is 11.8 Å². The van der Waals surface area contributed by atoms with E-state index in [9.17, 15) is 24.0 Å². The van der Waals surface area contributed by atoms with E-state index < -0.39 is 23.3 Å². The number of hydrogen-bond acceptors (Lipinski definition) is 9.